The number of aryl methyl sites for hydroxylation is 1. The zero-order valence-corrected chi connectivity index (χ0v) is 8.10. The molecule has 2 N–H and O–H groups in total. The predicted octanol–water partition coefficient (Wildman–Crippen LogP) is 1.29. The summed E-state index contributed by atoms with van der Waals surface area (Å²) in [6, 6.07) is 1.89. The minimum Gasteiger partial charge on any atom is -0.467 e. The van der Waals surface area contributed by atoms with Gasteiger partial charge >= 0.3 is 0 Å². The van der Waals surface area contributed by atoms with Crippen molar-refractivity contribution >= 4 is 0 Å². The highest BCUT2D eigenvalue weighted by molar-refractivity contribution is 5.17. The van der Waals surface area contributed by atoms with Gasteiger partial charge in [-0.05, 0) is 18.6 Å². The van der Waals surface area contributed by atoms with Gasteiger partial charge in [-0.3, -0.25) is 4.68 Å². The Bertz CT molecular complexity index is 416. The smallest absolute Gasteiger partial charge is 0.129 e. The standard InChI is InChI=1S/C10H13N3O/c1-8-5-12-13(6-8)7-10-9(4-11)2-3-14-10/h2-3,5-6H,4,7,11H2,1H3. The third-order valence-electron chi connectivity index (χ3n) is 2.13. The third-order valence-corrected chi connectivity index (χ3v) is 2.13. The van der Waals surface area contributed by atoms with Crippen LogP contribution in [-0.2, 0) is 13.1 Å². The van der Waals surface area contributed by atoms with E-state index in [9.17, 15) is 0 Å². The first-order chi connectivity index (χ1) is 6.79. The fourth-order valence-electron chi connectivity index (χ4n) is 1.39. The van der Waals surface area contributed by atoms with E-state index in [-0.39, 0.29) is 0 Å². The molecule has 74 valence electrons. The number of nitrogens with zero attached hydrogens (tertiary/aromatic N) is 2. The molecule has 2 rings (SSSR count). The second-order valence-electron chi connectivity index (χ2n) is 3.29. The number of rotatable bonds is 3. The lowest BCUT2D eigenvalue weighted by Gasteiger charge is -2.00. The topological polar surface area (TPSA) is 57.0 Å². The maximum Gasteiger partial charge on any atom is 0.129 e. The highest BCUT2D eigenvalue weighted by Gasteiger charge is 2.05. The molecule has 0 bridgehead atoms. The molecule has 0 aliphatic rings. The van der Waals surface area contributed by atoms with Crippen molar-refractivity contribution in [2.24, 2.45) is 5.73 Å². The van der Waals surface area contributed by atoms with Crippen LogP contribution < -0.4 is 5.73 Å². The quantitative estimate of drug-likeness (QED) is 0.795. The van der Waals surface area contributed by atoms with Crippen LogP contribution in [0.15, 0.2) is 29.1 Å². The SMILES string of the molecule is Cc1cnn(Cc2occc2CN)c1. The van der Waals surface area contributed by atoms with Crippen molar-refractivity contribution in [3.63, 3.8) is 0 Å². The number of hydrogen-bond acceptors (Lipinski definition) is 3. The molecule has 0 atom stereocenters. The molecular weight excluding hydrogens is 178 g/mol. The average molecular weight is 191 g/mol. The summed E-state index contributed by atoms with van der Waals surface area (Å²) >= 11 is 0. The molecule has 0 fully saturated rings. The molecule has 2 aromatic rings. The van der Waals surface area contributed by atoms with Crippen molar-refractivity contribution in [1.29, 1.82) is 0 Å². The molecule has 2 aromatic heterocycles. The molecule has 0 spiro atoms. The lowest BCUT2D eigenvalue weighted by Crippen LogP contribution is -2.04. The van der Waals surface area contributed by atoms with Crippen LogP contribution in [0.5, 0.6) is 0 Å². The number of hydrogen-bond donors (Lipinski definition) is 1. The molecular formula is C10H13N3O. The van der Waals surface area contributed by atoms with Crippen molar-refractivity contribution in [2.75, 3.05) is 0 Å². The molecule has 4 heteroatoms. The van der Waals surface area contributed by atoms with Gasteiger partial charge in [-0.1, -0.05) is 0 Å². The fraction of sp³-hybridized carbons (Fsp3) is 0.300. The highest BCUT2D eigenvalue weighted by Crippen LogP contribution is 2.11. The summed E-state index contributed by atoms with van der Waals surface area (Å²) in [6.07, 6.45) is 5.46. The van der Waals surface area contributed by atoms with Crippen molar-refractivity contribution in [3.8, 4) is 0 Å². The van der Waals surface area contributed by atoms with E-state index in [1.807, 2.05) is 30.1 Å². The largest absolute Gasteiger partial charge is 0.467 e. The normalized spacial score (nSPS) is 10.7. The summed E-state index contributed by atoms with van der Waals surface area (Å²) in [5.74, 6) is 0.885. The van der Waals surface area contributed by atoms with Crippen molar-refractivity contribution in [1.82, 2.24) is 9.78 Å². The van der Waals surface area contributed by atoms with Crippen molar-refractivity contribution < 1.29 is 4.42 Å². The number of aromatic nitrogens is 2. The highest BCUT2D eigenvalue weighted by atomic mass is 16.3. The maximum absolute atomic E-state index is 5.56. The Hall–Kier alpha value is -1.55. The van der Waals surface area contributed by atoms with Gasteiger partial charge < -0.3 is 10.2 Å². The Morgan fingerprint density at radius 2 is 2.43 bits per heavy atom. The summed E-state index contributed by atoms with van der Waals surface area (Å²) in [4.78, 5) is 0. The van der Waals surface area contributed by atoms with Crippen molar-refractivity contribution in [2.45, 2.75) is 20.0 Å². The van der Waals surface area contributed by atoms with E-state index in [0.29, 0.717) is 13.1 Å². The molecule has 0 saturated heterocycles. The second kappa shape index (κ2) is 3.67. The number of nitrogens with two attached hydrogens (primary N) is 1. The Morgan fingerprint density at radius 1 is 1.57 bits per heavy atom. The molecule has 0 saturated carbocycles. The molecule has 4 nitrogen and oxygen atoms in total. The van der Waals surface area contributed by atoms with Crippen molar-refractivity contribution in [3.05, 3.63) is 41.6 Å². The average Bonchev–Trinajstić information content (AvgIpc) is 2.76. The zero-order chi connectivity index (χ0) is 9.97. The lowest BCUT2D eigenvalue weighted by atomic mass is 10.2. The van der Waals surface area contributed by atoms with Crippen LogP contribution in [0, 0.1) is 6.92 Å². The summed E-state index contributed by atoms with van der Waals surface area (Å²) < 4.78 is 7.17. The van der Waals surface area contributed by atoms with E-state index in [4.69, 9.17) is 10.2 Å². The molecule has 2 heterocycles. The van der Waals surface area contributed by atoms with Gasteiger partial charge in [0.05, 0.1) is 19.0 Å². The van der Waals surface area contributed by atoms with E-state index >= 15 is 0 Å². The number of furan rings is 1. The van der Waals surface area contributed by atoms with Gasteiger partial charge in [-0.25, -0.2) is 0 Å². The van der Waals surface area contributed by atoms with E-state index in [2.05, 4.69) is 5.10 Å². The van der Waals surface area contributed by atoms with Gasteiger partial charge in [0.2, 0.25) is 0 Å². The molecule has 0 unspecified atom stereocenters. The first-order valence-corrected chi connectivity index (χ1v) is 4.54. The Labute approximate surface area is 82.3 Å². The second-order valence-corrected chi connectivity index (χ2v) is 3.29. The Morgan fingerprint density at radius 3 is 3.07 bits per heavy atom. The minimum atomic E-state index is 0.506. The first kappa shape index (κ1) is 9.02. The van der Waals surface area contributed by atoms with Crippen LogP contribution >= 0.6 is 0 Å². The van der Waals surface area contributed by atoms with Crippen LogP contribution in [0.25, 0.3) is 0 Å². The predicted molar refractivity (Wildman–Crippen MR) is 52.7 cm³/mol. The van der Waals surface area contributed by atoms with E-state index in [1.54, 1.807) is 6.26 Å². The minimum absolute atomic E-state index is 0.506. The van der Waals surface area contributed by atoms with Gasteiger partial charge in [0, 0.05) is 18.3 Å². The van der Waals surface area contributed by atoms with Crippen LogP contribution in [-0.4, -0.2) is 9.78 Å². The molecule has 0 amide bonds. The first-order valence-electron chi connectivity index (χ1n) is 4.54. The lowest BCUT2D eigenvalue weighted by molar-refractivity contribution is 0.475. The van der Waals surface area contributed by atoms with E-state index < -0.39 is 0 Å². The van der Waals surface area contributed by atoms with Gasteiger partial charge in [0.25, 0.3) is 0 Å². The molecule has 0 radical (unpaired) electrons. The monoisotopic (exact) mass is 191 g/mol. The third kappa shape index (κ3) is 1.70. The molecule has 0 aliphatic heterocycles. The summed E-state index contributed by atoms with van der Waals surface area (Å²) in [5.41, 5.74) is 7.75. The van der Waals surface area contributed by atoms with E-state index in [0.717, 1.165) is 16.9 Å². The van der Waals surface area contributed by atoms with Gasteiger partial charge in [0.1, 0.15) is 5.76 Å². The van der Waals surface area contributed by atoms with E-state index in [1.165, 1.54) is 0 Å². The Kier molecular flexibility index (Phi) is 2.37. The zero-order valence-electron chi connectivity index (χ0n) is 8.10. The Balaban J connectivity index is 2.18. The van der Waals surface area contributed by atoms with Gasteiger partial charge in [-0.2, -0.15) is 5.10 Å². The van der Waals surface area contributed by atoms with Crippen LogP contribution in [0.1, 0.15) is 16.9 Å². The van der Waals surface area contributed by atoms with Gasteiger partial charge in [-0.15, -0.1) is 0 Å². The van der Waals surface area contributed by atoms with Gasteiger partial charge in [0.15, 0.2) is 0 Å². The molecule has 0 aromatic carbocycles. The van der Waals surface area contributed by atoms with Crippen LogP contribution in [0.3, 0.4) is 0 Å². The van der Waals surface area contributed by atoms with Crippen LogP contribution in [0.4, 0.5) is 0 Å². The maximum atomic E-state index is 5.56. The summed E-state index contributed by atoms with van der Waals surface area (Å²) in [6.45, 7) is 3.16. The fourth-order valence-corrected chi connectivity index (χ4v) is 1.39. The molecule has 14 heavy (non-hydrogen) atoms. The summed E-state index contributed by atoms with van der Waals surface area (Å²) in [5, 5.41) is 4.18. The summed E-state index contributed by atoms with van der Waals surface area (Å²) in [7, 11) is 0. The van der Waals surface area contributed by atoms with Crippen LogP contribution in [0.2, 0.25) is 0 Å². The molecule has 0 aliphatic carbocycles.